The molecule has 6 nitrogen and oxygen atoms in total. The molecule has 0 aliphatic heterocycles. The third kappa shape index (κ3) is 4.72. The average Bonchev–Trinajstić information content (AvgIpc) is 2.26. The van der Waals surface area contributed by atoms with Gasteiger partial charge in [0.2, 0.25) is 10.0 Å². The highest BCUT2D eigenvalue weighted by atomic mass is 32.2. The molecule has 0 saturated heterocycles. The van der Waals surface area contributed by atoms with Crippen LogP contribution in [0.1, 0.15) is 15.9 Å². The van der Waals surface area contributed by atoms with E-state index in [0.717, 1.165) is 6.26 Å². The maximum Gasteiger partial charge on any atom is 0.251 e. The first-order valence-corrected chi connectivity index (χ1v) is 7.21. The number of benzene rings is 1. The Morgan fingerprint density at radius 3 is 2.56 bits per heavy atom. The van der Waals surface area contributed by atoms with Crippen LogP contribution in [0.3, 0.4) is 0 Å². The van der Waals surface area contributed by atoms with E-state index in [1.165, 1.54) is 6.07 Å². The van der Waals surface area contributed by atoms with Crippen LogP contribution in [0.5, 0.6) is 5.75 Å². The first-order chi connectivity index (χ1) is 8.29. The Labute approximate surface area is 106 Å². The first kappa shape index (κ1) is 14.5. The average molecular weight is 272 g/mol. The molecule has 0 heterocycles. The van der Waals surface area contributed by atoms with Crippen molar-refractivity contribution in [2.24, 2.45) is 0 Å². The standard InChI is InChI=1S/C11H16N2O4S/c1-8-3-4-9(7-10(8)14)11(15)12-5-6-13-18(2,16)17/h3-4,7,13-14H,5-6H2,1-2H3,(H,12,15). The van der Waals surface area contributed by atoms with Gasteiger partial charge in [-0.2, -0.15) is 0 Å². The van der Waals surface area contributed by atoms with Gasteiger partial charge in [-0.1, -0.05) is 6.07 Å². The summed E-state index contributed by atoms with van der Waals surface area (Å²) >= 11 is 0. The zero-order valence-electron chi connectivity index (χ0n) is 10.2. The Kier molecular flexibility index (Phi) is 4.69. The van der Waals surface area contributed by atoms with Crippen molar-refractivity contribution in [1.29, 1.82) is 0 Å². The molecule has 0 fully saturated rings. The Balaban J connectivity index is 2.48. The van der Waals surface area contributed by atoms with Gasteiger partial charge < -0.3 is 10.4 Å². The monoisotopic (exact) mass is 272 g/mol. The van der Waals surface area contributed by atoms with E-state index in [9.17, 15) is 18.3 Å². The number of hydrogen-bond acceptors (Lipinski definition) is 4. The fourth-order valence-electron chi connectivity index (χ4n) is 1.27. The molecule has 18 heavy (non-hydrogen) atoms. The predicted molar refractivity (Wildman–Crippen MR) is 68.0 cm³/mol. The highest BCUT2D eigenvalue weighted by Gasteiger charge is 2.07. The second-order valence-corrected chi connectivity index (χ2v) is 5.76. The van der Waals surface area contributed by atoms with Gasteiger partial charge in [0.25, 0.3) is 5.91 Å². The SMILES string of the molecule is Cc1ccc(C(=O)NCCNS(C)(=O)=O)cc1O. The molecular formula is C11H16N2O4S. The Hall–Kier alpha value is -1.60. The molecule has 0 atom stereocenters. The van der Waals surface area contributed by atoms with Crippen LogP contribution >= 0.6 is 0 Å². The van der Waals surface area contributed by atoms with Gasteiger partial charge in [0.05, 0.1) is 6.26 Å². The zero-order chi connectivity index (χ0) is 13.8. The lowest BCUT2D eigenvalue weighted by atomic mass is 10.1. The first-order valence-electron chi connectivity index (χ1n) is 5.32. The fraction of sp³-hybridized carbons (Fsp3) is 0.364. The van der Waals surface area contributed by atoms with Crippen LogP contribution in [0.2, 0.25) is 0 Å². The van der Waals surface area contributed by atoms with Crippen molar-refractivity contribution >= 4 is 15.9 Å². The molecule has 7 heteroatoms. The van der Waals surface area contributed by atoms with Crippen molar-refractivity contribution in [2.75, 3.05) is 19.3 Å². The zero-order valence-corrected chi connectivity index (χ0v) is 11.0. The molecule has 0 aliphatic rings. The number of aryl methyl sites for hydroxylation is 1. The van der Waals surface area contributed by atoms with Crippen LogP contribution < -0.4 is 10.0 Å². The van der Waals surface area contributed by atoms with Gasteiger partial charge in [-0.3, -0.25) is 4.79 Å². The molecule has 0 unspecified atom stereocenters. The predicted octanol–water partition coefficient (Wildman–Crippen LogP) is -0.0204. The van der Waals surface area contributed by atoms with Crippen LogP contribution in [0, 0.1) is 6.92 Å². The van der Waals surface area contributed by atoms with Crippen LogP contribution in [-0.2, 0) is 10.0 Å². The number of phenols is 1. The molecule has 3 N–H and O–H groups in total. The molecule has 0 aromatic heterocycles. The van der Waals surface area contributed by atoms with Crippen molar-refractivity contribution in [2.45, 2.75) is 6.92 Å². The highest BCUT2D eigenvalue weighted by Crippen LogP contribution is 2.17. The van der Waals surface area contributed by atoms with Gasteiger partial charge in [-0.25, -0.2) is 13.1 Å². The van der Waals surface area contributed by atoms with Crippen molar-refractivity contribution in [3.05, 3.63) is 29.3 Å². The summed E-state index contributed by atoms with van der Waals surface area (Å²) < 4.78 is 23.8. The molecule has 1 amide bonds. The van der Waals surface area contributed by atoms with E-state index >= 15 is 0 Å². The molecule has 0 bridgehead atoms. The van der Waals surface area contributed by atoms with Crippen LogP contribution in [0.4, 0.5) is 0 Å². The molecule has 0 saturated carbocycles. The molecule has 0 radical (unpaired) electrons. The van der Waals surface area contributed by atoms with E-state index < -0.39 is 10.0 Å². The molecule has 1 rings (SSSR count). The summed E-state index contributed by atoms with van der Waals surface area (Å²) in [6, 6.07) is 4.60. The van der Waals surface area contributed by atoms with Crippen molar-refractivity contribution in [1.82, 2.24) is 10.0 Å². The van der Waals surface area contributed by atoms with Gasteiger partial charge in [0, 0.05) is 18.7 Å². The number of amides is 1. The number of rotatable bonds is 5. The van der Waals surface area contributed by atoms with Crippen molar-refractivity contribution < 1.29 is 18.3 Å². The van der Waals surface area contributed by atoms with E-state index in [0.29, 0.717) is 11.1 Å². The van der Waals surface area contributed by atoms with Gasteiger partial charge >= 0.3 is 0 Å². The maximum absolute atomic E-state index is 11.6. The largest absolute Gasteiger partial charge is 0.508 e. The summed E-state index contributed by atoms with van der Waals surface area (Å²) in [5.41, 5.74) is 1.02. The summed E-state index contributed by atoms with van der Waals surface area (Å²) in [6.45, 7) is 2.04. The maximum atomic E-state index is 11.6. The number of carbonyl (C=O) groups is 1. The quantitative estimate of drug-likeness (QED) is 0.656. The number of aromatic hydroxyl groups is 1. The van der Waals surface area contributed by atoms with Gasteiger partial charge in [-0.15, -0.1) is 0 Å². The van der Waals surface area contributed by atoms with E-state index in [2.05, 4.69) is 10.0 Å². The molecule has 100 valence electrons. The third-order valence-corrected chi connectivity index (χ3v) is 2.97. The number of phenolic OH excluding ortho intramolecular Hbond substituents is 1. The van der Waals surface area contributed by atoms with Gasteiger partial charge in [0.1, 0.15) is 5.75 Å². The smallest absolute Gasteiger partial charge is 0.251 e. The summed E-state index contributed by atoms with van der Waals surface area (Å²) in [5, 5.41) is 12.0. The number of nitrogens with one attached hydrogen (secondary N) is 2. The second-order valence-electron chi connectivity index (χ2n) is 3.92. The summed E-state index contributed by atoms with van der Waals surface area (Å²) in [4.78, 5) is 11.6. The van der Waals surface area contributed by atoms with Crippen molar-refractivity contribution in [3.63, 3.8) is 0 Å². The van der Waals surface area contributed by atoms with E-state index in [1.54, 1.807) is 19.1 Å². The molecule has 1 aromatic rings. The van der Waals surface area contributed by atoms with Gasteiger partial charge in [0.15, 0.2) is 0 Å². The Bertz CT molecular complexity index is 540. The van der Waals surface area contributed by atoms with Crippen LogP contribution in [0.15, 0.2) is 18.2 Å². The normalized spacial score (nSPS) is 11.2. The minimum absolute atomic E-state index is 0.0527. The number of sulfonamides is 1. The minimum atomic E-state index is -3.24. The summed E-state index contributed by atoms with van der Waals surface area (Å²) in [7, 11) is -3.24. The van der Waals surface area contributed by atoms with Crippen molar-refractivity contribution in [3.8, 4) is 5.75 Å². The highest BCUT2D eigenvalue weighted by molar-refractivity contribution is 7.88. The Morgan fingerprint density at radius 1 is 1.33 bits per heavy atom. The van der Waals surface area contributed by atoms with E-state index in [-0.39, 0.29) is 24.7 Å². The molecule has 0 spiro atoms. The number of hydrogen-bond donors (Lipinski definition) is 3. The summed E-state index contributed by atoms with van der Waals surface area (Å²) in [6.07, 6.45) is 1.05. The fourth-order valence-corrected chi connectivity index (χ4v) is 1.74. The van der Waals surface area contributed by atoms with E-state index in [1.807, 2.05) is 0 Å². The molecular weight excluding hydrogens is 256 g/mol. The molecule has 1 aromatic carbocycles. The second kappa shape index (κ2) is 5.83. The topological polar surface area (TPSA) is 95.5 Å². The lowest BCUT2D eigenvalue weighted by Gasteiger charge is -2.07. The Morgan fingerprint density at radius 2 is 2.00 bits per heavy atom. The minimum Gasteiger partial charge on any atom is -0.508 e. The molecule has 0 aliphatic carbocycles. The summed E-state index contributed by atoms with van der Waals surface area (Å²) in [5.74, 6) is -0.308. The third-order valence-electron chi connectivity index (χ3n) is 2.25. The lowest BCUT2D eigenvalue weighted by molar-refractivity contribution is 0.0954. The van der Waals surface area contributed by atoms with Crippen LogP contribution in [-0.4, -0.2) is 38.8 Å². The van der Waals surface area contributed by atoms with E-state index in [4.69, 9.17) is 0 Å². The van der Waals surface area contributed by atoms with Gasteiger partial charge in [-0.05, 0) is 24.6 Å². The van der Waals surface area contributed by atoms with Crippen LogP contribution in [0.25, 0.3) is 0 Å². The number of carbonyl (C=O) groups excluding carboxylic acids is 1. The lowest BCUT2D eigenvalue weighted by Crippen LogP contribution is -2.34.